The number of rotatable bonds is 5. The number of likely N-dealkylation sites (tertiary alicyclic amines) is 1. The number of hydrogen-bond acceptors (Lipinski definition) is 6. The van der Waals surface area contributed by atoms with E-state index < -0.39 is 0 Å². The Bertz CT molecular complexity index is 1040. The van der Waals surface area contributed by atoms with Crippen LogP contribution >= 0.6 is 0 Å². The number of fused-ring (bicyclic) bond motifs is 3. The van der Waals surface area contributed by atoms with E-state index in [2.05, 4.69) is 14.8 Å². The number of methoxy groups -OCH3 is 2. The van der Waals surface area contributed by atoms with Gasteiger partial charge in [-0.3, -0.25) is 9.59 Å². The summed E-state index contributed by atoms with van der Waals surface area (Å²) in [7, 11) is 3.23. The molecule has 3 aliphatic rings. The minimum atomic E-state index is 0.0130. The van der Waals surface area contributed by atoms with Gasteiger partial charge in [0.25, 0.3) is 0 Å². The highest BCUT2D eigenvalue weighted by Crippen LogP contribution is 2.41. The minimum Gasteiger partial charge on any atom is -0.493 e. The first-order valence-electron chi connectivity index (χ1n) is 11.3. The van der Waals surface area contributed by atoms with Gasteiger partial charge in [-0.1, -0.05) is 12.8 Å². The predicted octanol–water partition coefficient (Wildman–Crippen LogP) is 2.41. The van der Waals surface area contributed by atoms with Gasteiger partial charge in [0.05, 0.1) is 39.4 Å². The lowest BCUT2D eigenvalue weighted by molar-refractivity contribution is -0.142. The number of aromatic nitrogens is 3. The highest BCUT2D eigenvalue weighted by molar-refractivity contribution is 5.86. The Morgan fingerprint density at radius 2 is 1.84 bits per heavy atom. The lowest BCUT2D eigenvalue weighted by atomic mass is 9.87. The molecule has 0 unspecified atom stereocenters. The van der Waals surface area contributed by atoms with Crippen LogP contribution in [0.4, 0.5) is 0 Å². The Kier molecular flexibility index (Phi) is 5.48. The molecule has 0 radical (unpaired) electrons. The quantitative estimate of drug-likeness (QED) is 0.711. The van der Waals surface area contributed by atoms with Gasteiger partial charge in [0.2, 0.25) is 11.8 Å². The van der Waals surface area contributed by atoms with Gasteiger partial charge >= 0.3 is 0 Å². The van der Waals surface area contributed by atoms with Crippen molar-refractivity contribution in [2.45, 2.75) is 57.2 Å². The monoisotopic (exact) mass is 439 g/mol. The van der Waals surface area contributed by atoms with Crippen molar-refractivity contribution in [3.05, 3.63) is 24.0 Å². The van der Waals surface area contributed by atoms with Crippen LogP contribution < -0.4 is 9.47 Å². The van der Waals surface area contributed by atoms with E-state index in [9.17, 15) is 9.59 Å². The van der Waals surface area contributed by atoms with Crippen molar-refractivity contribution in [2.24, 2.45) is 0 Å². The van der Waals surface area contributed by atoms with Crippen LogP contribution in [0.2, 0.25) is 0 Å². The molecule has 1 saturated heterocycles. The maximum absolute atomic E-state index is 13.2. The maximum atomic E-state index is 13.2. The van der Waals surface area contributed by atoms with Crippen molar-refractivity contribution in [2.75, 3.05) is 27.3 Å². The van der Waals surface area contributed by atoms with Crippen molar-refractivity contribution in [3.63, 3.8) is 0 Å². The van der Waals surface area contributed by atoms with Crippen LogP contribution in [0, 0.1) is 0 Å². The average Bonchev–Trinajstić information content (AvgIpc) is 3.44. The normalized spacial score (nSPS) is 22.5. The summed E-state index contributed by atoms with van der Waals surface area (Å²) in [6.45, 7) is 1.26. The molecule has 2 atom stereocenters. The van der Waals surface area contributed by atoms with E-state index in [1.165, 1.54) is 0 Å². The molecule has 9 nitrogen and oxygen atoms in total. The smallest absolute Gasteiger partial charge is 0.242 e. The van der Waals surface area contributed by atoms with Crippen molar-refractivity contribution in [3.8, 4) is 22.9 Å². The van der Waals surface area contributed by atoms with E-state index in [1.807, 2.05) is 23.1 Å². The number of amides is 2. The van der Waals surface area contributed by atoms with E-state index in [0.29, 0.717) is 31.0 Å². The summed E-state index contributed by atoms with van der Waals surface area (Å²) in [6, 6.07) is 5.98. The first-order valence-corrected chi connectivity index (χ1v) is 11.3. The van der Waals surface area contributed by atoms with Gasteiger partial charge in [-0.2, -0.15) is 0 Å². The summed E-state index contributed by atoms with van der Waals surface area (Å²) in [5, 5.41) is 8.98. The highest BCUT2D eigenvalue weighted by atomic mass is 16.5. The van der Waals surface area contributed by atoms with Crippen molar-refractivity contribution in [1.82, 2.24) is 24.6 Å². The SMILES string of the molecule is COc1ccc(-c2nnc3n2[C@H]2CCCC[C@@H]2N(C(=O)CN2CCCC2=O)C3)cc1OC. The number of carbonyl (C=O) groups excluding carboxylic acids is 2. The van der Waals surface area contributed by atoms with Gasteiger partial charge in [0, 0.05) is 18.5 Å². The fraction of sp³-hybridized carbons (Fsp3) is 0.565. The van der Waals surface area contributed by atoms with Crippen LogP contribution in [0.15, 0.2) is 18.2 Å². The molecule has 32 heavy (non-hydrogen) atoms. The van der Waals surface area contributed by atoms with Crippen LogP contribution in [0.1, 0.15) is 50.4 Å². The Labute approximate surface area is 187 Å². The second-order valence-corrected chi connectivity index (χ2v) is 8.74. The number of hydrogen-bond donors (Lipinski definition) is 0. The van der Waals surface area contributed by atoms with Crippen LogP contribution in [0.25, 0.3) is 11.4 Å². The molecular formula is C23H29N5O4. The van der Waals surface area contributed by atoms with E-state index in [0.717, 1.165) is 49.3 Å². The Morgan fingerprint density at radius 1 is 1.06 bits per heavy atom. The molecule has 2 aliphatic heterocycles. The average molecular weight is 440 g/mol. The van der Waals surface area contributed by atoms with Gasteiger partial charge in [-0.15, -0.1) is 10.2 Å². The third-order valence-corrected chi connectivity index (χ3v) is 6.96. The van der Waals surface area contributed by atoms with Crippen molar-refractivity contribution < 1.29 is 19.1 Å². The molecule has 2 amide bonds. The topological polar surface area (TPSA) is 89.8 Å². The Hall–Kier alpha value is -3.10. The molecule has 0 bridgehead atoms. The molecule has 1 aliphatic carbocycles. The van der Waals surface area contributed by atoms with E-state index in [-0.39, 0.29) is 30.4 Å². The zero-order chi connectivity index (χ0) is 22.2. The lowest BCUT2D eigenvalue weighted by Gasteiger charge is -2.45. The highest BCUT2D eigenvalue weighted by Gasteiger charge is 2.41. The fourth-order valence-corrected chi connectivity index (χ4v) is 5.38. The summed E-state index contributed by atoms with van der Waals surface area (Å²) in [6.07, 6.45) is 5.51. The largest absolute Gasteiger partial charge is 0.493 e. The van der Waals surface area contributed by atoms with Gasteiger partial charge in [-0.25, -0.2) is 0 Å². The summed E-state index contributed by atoms with van der Waals surface area (Å²) >= 11 is 0. The molecule has 0 N–H and O–H groups in total. The summed E-state index contributed by atoms with van der Waals surface area (Å²) in [4.78, 5) is 28.9. The molecular weight excluding hydrogens is 410 g/mol. The van der Waals surface area contributed by atoms with E-state index in [1.54, 1.807) is 19.1 Å². The number of nitrogens with zero attached hydrogens (tertiary/aromatic N) is 5. The second-order valence-electron chi connectivity index (χ2n) is 8.74. The second kappa shape index (κ2) is 8.44. The zero-order valence-corrected chi connectivity index (χ0v) is 18.6. The van der Waals surface area contributed by atoms with Gasteiger partial charge in [0.15, 0.2) is 23.1 Å². The first kappa shape index (κ1) is 20.8. The molecule has 1 saturated carbocycles. The van der Waals surface area contributed by atoms with E-state index in [4.69, 9.17) is 9.47 Å². The summed E-state index contributed by atoms with van der Waals surface area (Å²) in [5.41, 5.74) is 0.910. The van der Waals surface area contributed by atoms with Gasteiger partial charge < -0.3 is 23.8 Å². The van der Waals surface area contributed by atoms with Crippen LogP contribution in [0.5, 0.6) is 11.5 Å². The molecule has 9 heteroatoms. The van der Waals surface area contributed by atoms with Crippen LogP contribution in [0.3, 0.4) is 0 Å². The molecule has 2 aromatic rings. The molecule has 170 valence electrons. The molecule has 0 spiro atoms. The number of benzene rings is 1. The fourth-order valence-electron chi connectivity index (χ4n) is 5.38. The summed E-state index contributed by atoms with van der Waals surface area (Å²) < 4.78 is 13.1. The van der Waals surface area contributed by atoms with Gasteiger partial charge in [0.1, 0.15) is 0 Å². The number of carbonyl (C=O) groups is 2. The maximum Gasteiger partial charge on any atom is 0.242 e. The Morgan fingerprint density at radius 3 is 2.56 bits per heavy atom. The Balaban J connectivity index is 1.47. The third-order valence-electron chi connectivity index (χ3n) is 6.96. The first-order chi connectivity index (χ1) is 15.6. The number of ether oxygens (including phenoxy) is 2. The van der Waals surface area contributed by atoms with Crippen molar-refractivity contribution >= 4 is 11.8 Å². The lowest BCUT2D eigenvalue weighted by Crippen LogP contribution is -2.53. The molecule has 3 heterocycles. The van der Waals surface area contributed by atoms with Crippen LogP contribution in [-0.2, 0) is 16.1 Å². The zero-order valence-electron chi connectivity index (χ0n) is 18.6. The predicted molar refractivity (Wildman–Crippen MR) is 116 cm³/mol. The van der Waals surface area contributed by atoms with E-state index >= 15 is 0 Å². The molecule has 1 aromatic carbocycles. The van der Waals surface area contributed by atoms with Gasteiger partial charge in [-0.05, 0) is 37.5 Å². The summed E-state index contributed by atoms with van der Waals surface area (Å²) in [5.74, 6) is 2.98. The third kappa shape index (κ3) is 3.49. The van der Waals surface area contributed by atoms with Crippen molar-refractivity contribution in [1.29, 1.82) is 0 Å². The van der Waals surface area contributed by atoms with Crippen LogP contribution in [-0.4, -0.2) is 69.7 Å². The standard InChI is InChI=1S/C23H29N5O4/c1-31-18-10-9-15(12-19(18)32-2)23-25-24-20-13-27(16-6-3-4-7-17(16)28(20)23)22(30)14-26-11-5-8-21(26)29/h9-10,12,16-17H,3-8,11,13-14H2,1-2H3/t16-,17-/m0/s1. The minimum absolute atomic E-state index is 0.0130. The molecule has 5 rings (SSSR count). The molecule has 1 aromatic heterocycles. The molecule has 2 fully saturated rings.